The van der Waals surface area contributed by atoms with Gasteiger partial charge in [0.05, 0.1) is 5.69 Å². The highest BCUT2D eigenvalue weighted by Gasteiger charge is 2.19. The molecule has 0 radical (unpaired) electrons. The molecule has 1 N–H and O–H groups in total. The zero-order valence-electron chi connectivity index (χ0n) is 16.5. The standard InChI is InChI=1S/C21H32N4O.ClH/c1-2-22-20-10-6-11-23-21(20)25-15-13-24(14-16-25)12-4-3-7-18-8-5-9-19(26)17-18;/h6,10-11,17,22H,2-5,7-9,12-16H2,1H3;1H. The Balaban J connectivity index is 0.00000261. The molecule has 1 fully saturated rings. The van der Waals surface area contributed by atoms with Gasteiger partial charge in [-0.15, -0.1) is 12.4 Å². The minimum absolute atomic E-state index is 0. The Labute approximate surface area is 169 Å². The van der Waals surface area contributed by atoms with Crippen LogP contribution in [0.4, 0.5) is 11.5 Å². The predicted octanol–water partition coefficient (Wildman–Crippen LogP) is 3.91. The van der Waals surface area contributed by atoms with E-state index in [1.807, 2.05) is 18.3 Å². The minimum Gasteiger partial charge on any atom is -0.382 e. The first-order chi connectivity index (χ1) is 12.8. The van der Waals surface area contributed by atoms with Crippen LogP contribution in [0.3, 0.4) is 0 Å². The quantitative estimate of drug-likeness (QED) is 0.680. The Morgan fingerprint density at radius 2 is 1.96 bits per heavy atom. The third-order valence-electron chi connectivity index (χ3n) is 5.33. The van der Waals surface area contributed by atoms with Crippen LogP contribution in [0.25, 0.3) is 0 Å². The number of hydrogen-bond donors (Lipinski definition) is 1. The highest BCUT2D eigenvalue weighted by atomic mass is 35.5. The number of hydrogen-bond acceptors (Lipinski definition) is 5. The number of halogens is 1. The van der Waals surface area contributed by atoms with E-state index in [9.17, 15) is 4.79 Å². The molecule has 2 aliphatic rings. The molecule has 1 aromatic rings. The minimum atomic E-state index is 0. The second-order valence-electron chi connectivity index (χ2n) is 7.31. The summed E-state index contributed by atoms with van der Waals surface area (Å²) < 4.78 is 0. The maximum absolute atomic E-state index is 11.5. The summed E-state index contributed by atoms with van der Waals surface area (Å²) in [5.41, 5.74) is 2.51. The van der Waals surface area contributed by atoms with E-state index in [4.69, 9.17) is 0 Å². The first-order valence-corrected chi connectivity index (χ1v) is 10.1. The molecule has 5 nitrogen and oxygen atoms in total. The van der Waals surface area contributed by atoms with Gasteiger partial charge in [0.1, 0.15) is 0 Å². The molecule has 0 aromatic carbocycles. The molecule has 1 aliphatic carbocycles. The Morgan fingerprint density at radius 1 is 1.15 bits per heavy atom. The van der Waals surface area contributed by atoms with Crippen molar-refractivity contribution in [2.45, 2.75) is 45.4 Å². The number of nitrogens with one attached hydrogen (secondary N) is 1. The van der Waals surface area contributed by atoms with Crippen molar-refractivity contribution in [1.82, 2.24) is 9.88 Å². The van der Waals surface area contributed by atoms with E-state index in [1.165, 1.54) is 18.4 Å². The second-order valence-corrected chi connectivity index (χ2v) is 7.31. The number of unbranched alkanes of at least 4 members (excludes halogenated alkanes) is 1. The predicted molar refractivity (Wildman–Crippen MR) is 115 cm³/mol. The van der Waals surface area contributed by atoms with Crippen LogP contribution in [0.2, 0.25) is 0 Å². The van der Waals surface area contributed by atoms with Gasteiger partial charge < -0.3 is 10.2 Å². The maximum atomic E-state index is 11.5. The van der Waals surface area contributed by atoms with Crippen LogP contribution in [-0.4, -0.2) is 54.9 Å². The topological polar surface area (TPSA) is 48.5 Å². The van der Waals surface area contributed by atoms with E-state index in [0.29, 0.717) is 5.78 Å². The number of carbonyl (C=O) groups is 1. The van der Waals surface area contributed by atoms with Crippen molar-refractivity contribution in [2.24, 2.45) is 0 Å². The number of ketones is 1. The van der Waals surface area contributed by atoms with Crippen LogP contribution < -0.4 is 10.2 Å². The third kappa shape index (κ3) is 6.51. The lowest BCUT2D eigenvalue weighted by molar-refractivity contribution is -0.115. The summed E-state index contributed by atoms with van der Waals surface area (Å²) in [7, 11) is 0. The van der Waals surface area contributed by atoms with E-state index in [0.717, 1.165) is 76.5 Å². The number of nitrogens with zero attached hydrogens (tertiary/aromatic N) is 3. The summed E-state index contributed by atoms with van der Waals surface area (Å²) in [6, 6.07) is 4.11. The van der Waals surface area contributed by atoms with Crippen LogP contribution in [0.15, 0.2) is 30.0 Å². The van der Waals surface area contributed by atoms with E-state index >= 15 is 0 Å². The summed E-state index contributed by atoms with van der Waals surface area (Å²) in [6.07, 6.45) is 10.2. The molecular formula is C21H33ClN4O. The number of anilines is 2. The molecule has 1 aromatic heterocycles. The lowest BCUT2D eigenvalue weighted by atomic mass is 9.95. The van der Waals surface area contributed by atoms with Crippen LogP contribution >= 0.6 is 12.4 Å². The van der Waals surface area contributed by atoms with Crippen molar-refractivity contribution in [3.63, 3.8) is 0 Å². The molecule has 6 heteroatoms. The lowest BCUT2D eigenvalue weighted by Gasteiger charge is -2.36. The number of rotatable bonds is 8. The van der Waals surface area contributed by atoms with Crippen LogP contribution in [0.1, 0.15) is 45.4 Å². The molecule has 0 spiro atoms. The first-order valence-electron chi connectivity index (χ1n) is 10.1. The van der Waals surface area contributed by atoms with Gasteiger partial charge in [-0.25, -0.2) is 4.98 Å². The Bertz CT molecular complexity index is 626. The number of piperazine rings is 1. The van der Waals surface area contributed by atoms with E-state index in [1.54, 1.807) is 0 Å². The molecule has 0 unspecified atom stereocenters. The summed E-state index contributed by atoms with van der Waals surface area (Å²) in [6.45, 7) is 8.47. The summed E-state index contributed by atoms with van der Waals surface area (Å²) >= 11 is 0. The molecule has 1 aliphatic heterocycles. The normalized spacial score (nSPS) is 18.0. The molecular weight excluding hydrogens is 360 g/mol. The fraction of sp³-hybridized carbons (Fsp3) is 0.619. The summed E-state index contributed by atoms with van der Waals surface area (Å²) in [5.74, 6) is 1.41. The van der Waals surface area contributed by atoms with Crippen molar-refractivity contribution in [2.75, 3.05) is 49.5 Å². The van der Waals surface area contributed by atoms with Gasteiger partial charge in [-0.05, 0) is 63.8 Å². The number of carbonyl (C=O) groups excluding carboxylic acids is 1. The Kier molecular flexibility index (Phi) is 9.08. The van der Waals surface area contributed by atoms with Gasteiger partial charge in [0, 0.05) is 45.3 Å². The molecule has 0 atom stereocenters. The summed E-state index contributed by atoms with van der Waals surface area (Å²) in [5, 5.41) is 3.41. The highest BCUT2D eigenvalue weighted by Crippen LogP contribution is 2.24. The summed E-state index contributed by atoms with van der Waals surface area (Å²) in [4.78, 5) is 21.0. The Morgan fingerprint density at radius 3 is 2.70 bits per heavy atom. The lowest BCUT2D eigenvalue weighted by Crippen LogP contribution is -2.47. The average Bonchev–Trinajstić information content (AvgIpc) is 2.67. The molecule has 2 heterocycles. The van der Waals surface area contributed by atoms with Gasteiger partial charge in [0.2, 0.25) is 0 Å². The van der Waals surface area contributed by atoms with Gasteiger partial charge in [-0.2, -0.15) is 0 Å². The zero-order chi connectivity index (χ0) is 18.2. The largest absolute Gasteiger partial charge is 0.382 e. The molecule has 0 bridgehead atoms. The second kappa shape index (κ2) is 11.3. The SMILES string of the molecule is CCNc1cccnc1N1CCN(CCCCC2=CC(=O)CCC2)CC1.Cl. The fourth-order valence-electron chi connectivity index (χ4n) is 3.91. The van der Waals surface area contributed by atoms with Crippen LogP contribution in [0.5, 0.6) is 0 Å². The van der Waals surface area contributed by atoms with E-state index in [2.05, 4.69) is 33.1 Å². The molecule has 27 heavy (non-hydrogen) atoms. The van der Waals surface area contributed by atoms with Crippen molar-refractivity contribution in [3.05, 3.63) is 30.0 Å². The van der Waals surface area contributed by atoms with Crippen LogP contribution in [-0.2, 0) is 4.79 Å². The average molecular weight is 393 g/mol. The van der Waals surface area contributed by atoms with Crippen molar-refractivity contribution >= 4 is 29.7 Å². The third-order valence-corrected chi connectivity index (χ3v) is 5.33. The first kappa shape index (κ1) is 21.7. The van der Waals surface area contributed by atoms with Crippen LogP contribution in [0, 0.1) is 0 Å². The number of pyridine rings is 1. The monoisotopic (exact) mass is 392 g/mol. The van der Waals surface area contributed by atoms with Crippen molar-refractivity contribution in [1.29, 1.82) is 0 Å². The maximum Gasteiger partial charge on any atom is 0.155 e. The molecule has 1 saturated heterocycles. The molecule has 150 valence electrons. The van der Waals surface area contributed by atoms with E-state index in [-0.39, 0.29) is 12.4 Å². The molecule has 3 rings (SSSR count). The molecule has 0 amide bonds. The van der Waals surface area contributed by atoms with Gasteiger partial charge in [-0.3, -0.25) is 9.69 Å². The zero-order valence-corrected chi connectivity index (χ0v) is 17.3. The number of allylic oxidation sites excluding steroid dienone is 2. The number of aromatic nitrogens is 1. The molecule has 0 saturated carbocycles. The van der Waals surface area contributed by atoms with Gasteiger partial charge in [0.25, 0.3) is 0 Å². The van der Waals surface area contributed by atoms with E-state index < -0.39 is 0 Å². The smallest absolute Gasteiger partial charge is 0.155 e. The van der Waals surface area contributed by atoms with Gasteiger partial charge in [-0.1, -0.05) is 5.57 Å². The fourth-order valence-corrected chi connectivity index (χ4v) is 3.91. The van der Waals surface area contributed by atoms with Gasteiger partial charge >= 0.3 is 0 Å². The van der Waals surface area contributed by atoms with Crippen molar-refractivity contribution in [3.8, 4) is 0 Å². The van der Waals surface area contributed by atoms with Gasteiger partial charge in [0.15, 0.2) is 11.6 Å². The van der Waals surface area contributed by atoms with Crippen molar-refractivity contribution < 1.29 is 4.79 Å². The highest BCUT2D eigenvalue weighted by molar-refractivity contribution is 5.91. The Hall–Kier alpha value is -1.59.